The van der Waals surface area contributed by atoms with Crippen LogP contribution in [0.1, 0.15) is 6.92 Å². The van der Waals surface area contributed by atoms with E-state index in [9.17, 15) is 14.4 Å². The molecule has 0 aliphatic carbocycles. The van der Waals surface area contributed by atoms with Crippen molar-refractivity contribution in [2.24, 2.45) is 0 Å². The lowest BCUT2D eigenvalue weighted by Gasteiger charge is -2.37. The topological polar surface area (TPSA) is 89.9 Å². The summed E-state index contributed by atoms with van der Waals surface area (Å²) in [6, 6.07) is 3.81. The summed E-state index contributed by atoms with van der Waals surface area (Å²) in [5, 5.41) is 0.914. The quantitative estimate of drug-likeness (QED) is 0.671. The van der Waals surface area contributed by atoms with Crippen molar-refractivity contribution >= 4 is 44.5 Å². The van der Waals surface area contributed by atoms with Gasteiger partial charge in [0.25, 0.3) is 0 Å². The van der Waals surface area contributed by atoms with E-state index in [1.165, 1.54) is 9.80 Å². The highest BCUT2D eigenvalue weighted by Crippen LogP contribution is 2.27. The van der Waals surface area contributed by atoms with Crippen molar-refractivity contribution in [1.82, 2.24) is 24.7 Å². The molecule has 148 valence electrons. The molecule has 0 aromatic carbocycles. The first kappa shape index (κ1) is 18.6. The number of carbonyl (C=O) groups excluding carboxylic acids is 3. The molecule has 2 aromatic rings. The van der Waals surface area contributed by atoms with Crippen molar-refractivity contribution in [2.75, 3.05) is 57.3 Å². The summed E-state index contributed by atoms with van der Waals surface area (Å²) in [7, 11) is 0. The van der Waals surface area contributed by atoms with Crippen LogP contribution in [-0.2, 0) is 14.4 Å². The van der Waals surface area contributed by atoms with Gasteiger partial charge in [0.05, 0.1) is 0 Å². The van der Waals surface area contributed by atoms with Gasteiger partial charge in [-0.15, -0.1) is 0 Å². The van der Waals surface area contributed by atoms with E-state index in [4.69, 9.17) is 0 Å². The van der Waals surface area contributed by atoms with Gasteiger partial charge in [-0.3, -0.25) is 14.4 Å². The number of hydrogen-bond acceptors (Lipinski definition) is 7. The number of nitrogens with zero attached hydrogens (tertiary/aromatic N) is 6. The second kappa shape index (κ2) is 7.70. The van der Waals surface area contributed by atoms with Gasteiger partial charge in [-0.05, 0) is 19.1 Å². The average Bonchev–Trinajstić information content (AvgIpc) is 3.16. The lowest BCUT2D eigenvalue weighted by molar-refractivity contribution is -0.157. The minimum atomic E-state index is -0.581. The number of aromatic nitrogens is 2. The number of likely N-dealkylation sites (N-methyl/N-ethyl adjacent to an activating group) is 1. The Labute approximate surface area is 166 Å². The van der Waals surface area contributed by atoms with E-state index >= 15 is 0 Å². The highest BCUT2D eigenvalue weighted by atomic mass is 32.1. The van der Waals surface area contributed by atoms with Crippen LogP contribution in [0.25, 0.3) is 10.3 Å². The summed E-state index contributed by atoms with van der Waals surface area (Å²) >= 11 is 1.55. The Bertz CT molecular complexity index is 875. The Balaban J connectivity index is 1.33. The van der Waals surface area contributed by atoms with Crippen LogP contribution >= 0.6 is 11.3 Å². The molecule has 0 radical (unpaired) electrons. The molecule has 4 rings (SSSR count). The van der Waals surface area contributed by atoms with Gasteiger partial charge < -0.3 is 19.6 Å². The van der Waals surface area contributed by atoms with E-state index in [0.717, 1.165) is 15.5 Å². The van der Waals surface area contributed by atoms with Crippen LogP contribution in [0.4, 0.5) is 5.13 Å². The number of thiazole rings is 1. The summed E-state index contributed by atoms with van der Waals surface area (Å²) in [4.78, 5) is 53.4. The minimum Gasteiger partial charge on any atom is -0.344 e. The number of amides is 3. The van der Waals surface area contributed by atoms with Gasteiger partial charge in [-0.25, -0.2) is 9.97 Å². The summed E-state index contributed by atoms with van der Waals surface area (Å²) < 4.78 is 0. The molecular formula is C18H22N6O3S. The molecule has 0 bridgehead atoms. The molecule has 2 aliphatic rings. The maximum atomic E-state index is 12.6. The number of anilines is 1. The van der Waals surface area contributed by atoms with Crippen molar-refractivity contribution in [3.63, 3.8) is 0 Å². The summed E-state index contributed by atoms with van der Waals surface area (Å²) in [6.07, 6.45) is 1.76. The molecule has 2 aliphatic heterocycles. The van der Waals surface area contributed by atoms with E-state index in [1.54, 1.807) is 22.4 Å². The third-order valence-corrected chi connectivity index (χ3v) is 6.20. The molecule has 2 fully saturated rings. The zero-order valence-corrected chi connectivity index (χ0v) is 16.5. The van der Waals surface area contributed by atoms with E-state index in [2.05, 4.69) is 14.9 Å². The molecule has 0 atom stereocenters. The Morgan fingerprint density at radius 3 is 2.50 bits per heavy atom. The SMILES string of the molecule is CCN1CCN(CC(=O)N2CCN(c3nc4cccnc4s3)CC2)C(=O)C1=O. The molecule has 0 spiro atoms. The van der Waals surface area contributed by atoms with Gasteiger partial charge in [-0.2, -0.15) is 0 Å². The fourth-order valence-electron chi connectivity index (χ4n) is 3.47. The fraction of sp³-hybridized carbons (Fsp3) is 0.500. The largest absolute Gasteiger partial charge is 0.344 e. The zero-order valence-electron chi connectivity index (χ0n) is 15.7. The summed E-state index contributed by atoms with van der Waals surface area (Å²) in [5.74, 6) is -1.21. The Hall–Kier alpha value is -2.75. The molecule has 28 heavy (non-hydrogen) atoms. The van der Waals surface area contributed by atoms with E-state index in [0.29, 0.717) is 45.8 Å². The number of fused-ring (bicyclic) bond motifs is 1. The van der Waals surface area contributed by atoms with Crippen LogP contribution in [0.5, 0.6) is 0 Å². The number of carbonyl (C=O) groups is 3. The highest BCUT2D eigenvalue weighted by Gasteiger charge is 2.34. The molecule has 10 heteroatoms. The third-order valence-electron chi connectivity index (χ3n) is 5.16. The second-order valence-corrected chi connectivity index (χ2v) is 7.76. The standard InChI is InChI=1S/C18H22N6O3S/c1-2-21-6-11-24(17(27)16(21)26)12-14(25)22-7-9-23(10-8-22)18-20-13-4-3-5-19-15(13)28-18/h3-5H,2,6-12H2,1H3. The van der Waals surface area contributed by atoms with Gasteiger partial charge in [0, 0.05) is 52.0 Å². The van der Waals surface area contributed by atoms with Crippen LogP contribution in [0.2, 0.25) is 0 Å². The van der Waals surface area contributed by atoms with Gasteiger partial charge in [0.2, 0.25) is 5.91 Å². The molecule has 9 nitrogen and oxygen atoms in total. The number of rotatable bonds is 4. The van der Waals surface area contributed by atoms with Crippen LogP contribution in [0, 0.1) is 0 Å². The van der Waals surface area contributed by atoms with Crippen molar-refractivity contribution < 1.29 is 14.4 Å². The molecule has 2 saturated heterocycles. The molecule has 2 aromatic heterocycles. The smallest absolute Gasteiger partial charge is 0.312 e. The van der Waals surface area contributed by atoms with Crippen LogP contribution < -0.4 is 4.90 Å². The number of piperazine rings is 2. The Kier molecular flexibility index (Phi) is 5.12. The van der Waals surface area contributed by atoms with E-state index in [-0.39, 0.29) is 12.5 Å². The maximum absolute atomic E-state index is 12.6. The van der Waals surface area contributed by atoms with Gasteiger partial charge >= 0.3 is 11.8 Å². The van der Waals surface area contributed by atoms with Gasteiger partial charge in [0.15, 0.2) is 5.13 Å². The van der Waals surface area contributed by atoms with Gasteiger partial charge in [0.1, 0.15) is 16.9 Å². The Morgan fingerprint density at radius 1 is 1.07 bits per heavy atom. The Morgan fingerprint density at radius 2 is 1.79 bits per heavy atom. The van der Waals surface area contributed by atoms with Crippen molar-refractivity contribution in [1.29, 1.82) is 0 Å². The third kappa shape index (κ3) is 3.51. The molecule has 0 unspecified atom stereocenters. The van der Waals surface area contributed by atoms with E-state index < -0.39 is 11.8 Å². The highest BCUT2D eigenvalue weighted by molar-refractivity contribution is 7.21. The first-order valence-electron chi connectivity index (χ1n) is 9.39. The number of hydrogen-bond donors (Lipinski definition) is 0. The first-order chi connectivity index (χ1) is 13.6. The van der Waals surface area contributed by atoms with Gasteiger partial charge in [-0.1, -0.05) is 11.3 Å². The van der Waals surface area contributed by atoms with Crippen molar-refractivity contribution in [3.05, 3.63) is 18.3 Å². The predicted molar refractivity (Wildman–Crippen MR) is 105 cm³/mol. The second-order valence-electron chi connectivity index (χ2n) is 6.80. The molecule has 0 saturated carbocycles. The zero-order chi connectivity index (χ0) is 19.7. The monoisotopic (exact) mass is 402 g/mol. The first-order valence-corrected chi connectivity index (χ1v) is 10.2. The molecule has 4 heterocycles. The summed E-state index contributed by atoms with van der Waals surface area (Å²) in [5.41, 5.74) is 0.885. The molecule has 0 N–H and O–H groups in total. The van der Waals surface area contributed by atoms with Crippen molar-refractivity contribution in [2.45, 2.75) is 6.92 Å². The van der Waals surface area contributed by atoms with Crippen LogP contribution in [0.3, 0.4) is 0 Å². The average molecular weight is 402 g/mol. The normalized spacial score (nSPS) is 18.3. The molecule has 3 amide bonds. The summed E-state index contributed by atoms with van der Waals surface area (Å²) in [6.45, 7) is 5.70. The lowest BCUT2D eigenvalue weighted by atomic mass is 10.2. The van der Waals surface area contributed by atoms with Crippen LogP contribution in [-0.4, -0.2) is 94.7 Å². The number of pyridine rings is 1. The maximum Gasteiger partial charge on any atom is 0.312 e. The predicted octanol–water partition coefficient (Wildman–Crippen LogP) is 0.0306. The molecular weight excluding hydrogens is 380 g/mol. The van der Waals surface area contributed by atoms with Crippen molar-refractivity contribution in [3.8, 4) is 0 Å². The fourth-order valence-corrected chi connectivity index (χ4v) is 4.43. The van der Waals surface area contributed by atoms with Crippen LogP contribution in [0.15, 0.2) is 18.3 Å². The van der Waals surface area contributed by atoms with E-state index in [1.807, 2.05) is 19.1 Å². The lowest BCUT2D eigenvalue weighted by Crippen LogP contribution is -2.57. The minimum absolute atomic E-state index is 0.0345.